The average molecular weight is 172 g/mol. The summed E-state index contributed by atoms with van der Waals surface area (Å²) in [6, 6.07) is 0. The Labute approximate surface area is 67.7 Å². The fraction of sp³-hybridized carbons (Fsp3) is 0.333. The minimum absolute atomic E-state index is 0.212. The Kier molecular flexibility index (Phi) is 2.21. The number of hydrogen-bond donors (Lipinski definition) is 1. The zero-order chi connectivity index (χ0) is 8.43. The Hall–Kier alpha value is -0.940. The molecule has 0 saturated heterocycles. The molecule has 0 atom stereocenters. The van der Waals surface area contributed by atoms with Crippen LogP contribution < -0.4 is 10.8 Å². The van der Waals surface area contributed by atoms with Crippen molar-refractivity contribution in [1.29, 1.82) is 0 Å². The largest absolute Gasteiger partial charge is 0.544 e. The first kappa shape index (κ1) is 8.16. The van der Waals surface area contributed by atoms with Gasteiger partial charge < -0.3 is 15.6 Å². The highest BCUT2D eigenvalue weighted by Gasteiger charge is 2.07. The molecule has 4 nitrogen and oxygen atoms in total. The van der Waals surface area contributed by atoms with Crippen molar-refractivity contribution in [3.63, 3.8) is 0 Å². The van der Waals surface area contributed by atoms with Gasteiger partial charge in [-0.15, -0.1) is 11.3 Å². The molecule has 0 spiro atoms. The predicted octanol–water partition coefficient (Wildman–Crippen LogP) is -1.44. The maximum absolute atomic E-state index is 10.4. The molecule has 0 radical (unpaired) electrons. The van der Waals surface area contributed by atoms with Gasteiger partial charge in [-0.05, 0) is 6.92 Å². The highest BCUT2D eigenvalue weighted by molar-refractivity contribution is 7.13. The van der Waals surface area contributed by atoms with Crippen molar-refractivity contribution in [2.45, 2.75) is 13.5 Å². The second-order valence-corrected chi connectivity index (χ2v) is 3.14. The minimum atomic E-state index is -1.15. The smallest absolute Gasteiger partial charge is 0.148 e. The Morgan fingerprint density at radius 2 is 2.45 bits per heavy atom. The maximum atomic E-state index is 10.4. The second kappa shape index (κ2) is 2.98. The van der Waals surface area contributed by atoms with Gasteiger partial charge in [0.25, 0.3) is 0 Å². The normalized spacial score (nSPS) is 10.0. The molecular weight excluding hydrogens is 164 g/mol. The molecule has 0 saturated carbocycles. The number of aryl methyl sites for hydroxylation is 1. The number of aromatic nitrogens is 1. The van der Waals surface area contributed by atoms with E-state index in [-0.39, 0.29) is 4.88 Å². The van der Waals surface area contributed by atoms with Gasteiger partial charge in [0.05, 0.1) is 16.5 Å². The minimum Gasteiger partial charge on any atom is -0.544 e. The van der Waals surface area contributed by atoms with Gasteiger partial charge in [0.1, 0.15) is 11.6 Å². The molecule has 0 fully saturated rings. The summed E-state index contributed by atoms with van der Waals surface area (Å²) >= 11 is 1.13. The number of thiazole rings is 1. The van der Waals surface area contributed by atoms with E-state index in [0.29, 0.717) is 12.2 Å². The molecule has 0 aromatic carbocycles. The van der Waals surface area contributed by atoms with Gasteiger partial charge in [-0.1, -0.05) is 0 Å². The zero-order valence-corrected chi connectivity index (χ0v) is 6.90. The van der Waals surface area contributed by atoms with Gasteiger partial charge in [-0.2, -0.15) is 0 Å². The molecule has 0 aliphatic rings. The standard InChI is InChI=1S/C6H8N2O2S/c1-3-5(6(9)10)11-4(2-7)8-3/h2,7H2,1H3,(H,9,10). The van der Waals surface area contributed by atoms with E-state index in [2.05, 4.69) is 10.7 Å². The Morgan fingerprint density at radius 1 is 1.82 bits per heavy atom. The topological polar surface area (TPSA) is 80.7 Å². The van der Waals surface area contributed by atoms with Crippen LogP contribution in [0.15, 0.2) is 0 Å². The van der Waals surface area contributed by atoms with Gasteiger partial charge in [0.15, 0.2) is 0 Å². The van der Waals surface area contributed by atoms with Gasteiger partial charge in [0.2, 0.25) is 0 Å². The SMILES string of the molecule is Cc1nc(C[NH3+])sc1C(=O)[O-]. The number of aromatic carboxylic acids is 1. The van der Waals surface area contributed by atoms with Crippen LogP contribution in [0.1, 0.15) is 20.4 Å². The Morgan fingerprint density at radius 3 is 2.73 bits per heavy atom. The molecule has 11 heavy (non-hydrogen) atoms. The fourth-order valence-electron chi connectivity index (χ4n) is 0.749. The van der Waals surface area contributed by atoms with Crippen LogP contribution in [0, 0.1) is 6.92 Å². The quantitative estimate of drug-likeness (QED) is 0.593. The fourth-order valence-corrected chi connectivity index (χ4v) is 1.55. The van der Waals surface area contributed by atoms with E-state index in [1.807, 2.05) is 0 Å². The van der Waals surface area contributed by atoms with Gasteiger partial charge in [-0.25, -0.2) is 4.98 Å². The number of quaternary nitrogens is 1. The van der Waals surface area contributed by atoms with Crippen molar-refractivity contribution in [2.75, 3.05) is 0 Å². The molecule has 0 aliphatic carbocycles. The summed E-state index contributed by atoms with van der Waals surface area (Å²) in [5.74, 6) is -1.15. The summed E-state index contributed by atoms with van der Waals surface area (Å²) in [4.78, 5) is 14.6. The highest BCUT2D eigenvalue weighted by Crippen LogP contribution is 2.15. The lowest BCUT2D eigenvalue weighted by molar-refractivity contribution is -0.386. The average Bonchev–Trinajstić information content (AvgIpc) is 2.30. The number of carbonyl (C=O) groups is 1. The molecule has 0 unspecified atom stereocenters. The van der Waals surface area contributed by atoms with Crippen LogP contribution in [0.3, 0.4) is 0 Å². The molecule has 0 aliphatic heterocycles. The number of carboxylic acid groups (broad SMARTS) is 1. The van der Waals surface area contributed by atoms with E-state index in [1.54, 1.807) is 6.92 Å². The van der Waals surface area contributed by atoms with Crippen LogP contribution in [0.25, 0.3) is 0 Å². The summed E-state index contributed by atoms with van der Waals surface area (Å²) in [7, 11) is 0. The molecule has 1 rings (SSSR count). The van der Waals surface area contributed by atoms with E-state index in [0.717, 1.165) is 16.3 Å². The lowest BCUT2D eigenvalue weighted by atomic mass is 10.4. The lowest BCUT2D eigenvalue weighted by Crippen LogP contribution is -2.47. The van der Waals surface area contributed by atoms with Gasteiger partial charge >= 0.3 is 0 Å². The molecule has 60 valence electrons. The van der Waals surface area contributed by atoms with Crippen LogP contribution in [-0.4, -0.2) is 11.0 Å². The highest BCUT2D eigenvalue weighted by atomic mass is 32.1. The van der Waals surface area contributed by atoms with Crippen molar-refractivity contribution in [2.24, 2.45) is 0 Å². The summed E-state index contributed by atoms with van der Waals surface area (Å²) in [6.07, 6.45) is 0. The molecule has 1 aromatic rings. The molecule has 1 aromatic heterocycles. The molecular formula is C6H8N2O2S. The zero-order valence-electron chi connectivity index (χ0n) is 6.09. The summed E-state index contributed by atoms with van der Waals surface area (Å²) < 4.78 is 0. The molecule has 3 N–H and O–H groups in total. The summed E-state index contributed by atoms with van der Waals surface area (Å²) in [5.41, 5.74) is 4.13. The maximum Gasteiger partial charge on any atom is 0.148 e. The van der Waals surface area contributed by atoms with Crippen molar-refractivity contribution in [3.8, 4) is 0 Å². The van der Waals surface area contributed by atoms with Gasteiger partial charge in [0, 0.05) is 0 Å². The lowest BCUT2D eigenvalue weighted by Gasteiger charge is -1.95. The number of hydrogen-bond acceptors (Lipinski definition) is 4. The van der Waals surface area contributed by atoms with Crippen LogP contribution in [-0.2, 0) is 6.54 Å². The number of nitrogens with zero attached hydrogens (tertiary/aromatic N) is 1. The third-order valence-corrected chi connectivity index (χ3v) is 2.44. The Balaban J connectivity index is 3.07. The van der Waals surface area contributed by atoms with E-state index < -0.39 is 5.97 Å². The number of carboxylic acids is 1. The van der Waals surface area contributed by atoms with Crippen molar-refractivity contribution < 1.29 is 15.6 Å². The summed E-state index contributed by atoms with van der Waals surface area (Å²) in [5, 5.41) is 11.1. The van der Waals surface area contributed by atoms with E-state index in [9.17, 15) is 9.90 Å². The van der Waals surface area contributed by atoms with E-state index in [4.69, 9.17) is 0 Å². The first-order chi connectivity index (χ1) is 5.15. The first-order valence-electron chi connectivity index (χ1n) is 3.12. The molecule has 5 heteroatoms. The molecule has 0 bridgehead atoms. The number of rotatable bonds is 2. The van der Waals surface area contributed by atoms with Gasteiger partial charge in [-0.3, -0.25) is 0 Å². The third kappa shape index (κ3) is 1.55. The van der Waals surface area contributed by atoms with Crippen molar-refractivity contribution in [3.05, 3.63) is 15.6 Å². The van der Waals surface area contributed by atoms with Crippen LogP contribution in [0.2, 0.25) is 0 Å². The van der Waals surface area contributed by atoms with Crippen LogP contribution >= 0.6 is 11.3 Å². The van der Waals surface area contributed by atoms with Crippen LogP contribution in [0.5, 0.6) is 0 Å². The Bertz CT molecular complexity index is 282. The predicted molar refractivity (Wildman–Crippen MR) is 37.8 cm³/mol. The molecule has 1 heterocycles. The van der Waals surface area contributed by atoms with E-state index >= 15 is 0 Å². The molecule has 0 amide bonds. The summed E-state index contributed by atoms with van der Waals surface area (Å²) in [6.45, 7) is 2.18. The number of carbonyl (C=O) groups excluding carboxylic acids is 1. The van der Waals surface area contributed by atoms with Crippen LogP contribution in [0.4, 0.5) is 0 Å². The first-order valence-corrected chi connectivity index (χ1v) is 3.93. The second-order valence-electron chi connectivity index (χ2n) is 2.06. The monoisotopic (exact) mass is 172 g/mol. The van der Waals surface area contributed by atoms with Crippen molar-refractivity contribution >= 4 is 17.3 Å². The third-order valence-electron chi connectivity index (χ3n) is 1.24. The van der Waals surface area contributed by atoms with E-state index in [1.165, 1.54) is 0 Å². The van der Waals surface area contributed by atoms with Crippen molar-refractivity contribution in [1.82, 2.24) is 4.98 Å².